The molecule has 0 bridgehead atoms. The molecule has 1 saturated carbocycles. The first-order valence-electron chi connectivity index (χ1n) is 6.22. The molecule has 1 aliphatic carbocycles. The third-order valence-electron chi connectivity index (χ3n) is 3.30. The number of aliphatic hydroxyl groups excluding tert-OH is 1. The minimum absolute atomic E-state index is 0.125. The van der Waals surface area contributed by atoms with E-state index >= 15 is 0 Å². The largest absolute Gasteiger partial charge is 0.396 e. The Labute approximate surface area is 111 Å². The van der Waals surface area contributed by atoms with Gasteiger partial charge in [0, 0.05) is 23.6 Å². The maximum Gasteiger partial charge on any atom is 0.158 e. The van der Waals surface area contributed by atoms with Crippen LogP contribution in [0.15, 0.2) is 35.0 Å². The Morgan fingerprint density at radius 1 is 1.42 bits per heavy atom. The Hall–Kier alpha value is -2.10. The van der Waals surface area contributed by atoms with Crippen molar-refractivity contribution in [1.82, 2.24) is 0 Å². The van der Waals surface area contributed by atoms with Crippen molar-refractivity contribution in [2.24, 2.45) is 11.0 Å². The third-order valence-corrected chi connectivity index (χ3v) is 3.30. The summed E-state index contributed by atoms with van der Waals surface area (Å²) in [6, 6.07) is 7.05. The van der Waals surface area contributed by atoms with Gasteiger partial charge in [-0.05, 0) is 41.5 Å². The first-order chi connectivity index (χ1) is 9.22. The second kappa shape index (κ2) is 6.18. The summed E-state index contributed by atoms with van der Waals surface area (Å²) in [6.07, 6.45) is 3.76. The molecule has 0 heterocycles. The molecule has 2 rings (SSSR count). The van der Waals surface area contributed by atoms with Gasteiger partial charge < -0.3 is 5.11 Å². The highest BCUT2D eigenvalue weighted by Crippen LogP contribution is 2.27. The topological polar surface area (TPSA) is 86.1 Å². The molecule has 1 aliphatic rings. The molecular weight excluding hydrogens is 242 g/mol. The Morgan fingerprint density at radius 2 is 2.16 bits per heavy atom. The number of carbonyl (C=O) groups excluding carboxylic acids is 1. The quantitative estimate of drug-likeness (QED) is 0.389. The average Bonchev–Trinajstić information content (AvgIpc) is 2.44. The second-order valence-electron chi connectivity index (χ2n) is 4.67. The van der Waals surface area contributed by atoms with Gasteiger partial charge in [-0.15, -0.1) is 0 Å². The van der Waals surface area contributed by atoms with Crippen LogP contribution in [0, 0.1) is 5.92 Å². The van der Waals surface area contributed by atoms with Crippen LogP contribution < -0.4 is 0 Å². The minimum atomic E-state index is 0.125. The Morgan fingerprint density at radius 3 is 2.79 bits per heavy atom. The monoisotopic (exact) mass is 257 g/mol. The van der Waals surface area contributed by atoms with Crippen LogP contribution in [0.1, 0.15) is 24.8 Å². The van der Waals surface area contributed by atoms with Crippen molar-refractivity contribution in [2.75, 3.05) is 6.61 Å². The molecule has 19 heavy (non-hydrogen) atoms. The Kier molecular flexibility index (Phi) is 4.34. The van der Waals surface area contributed by atoms with Crippen LogP contribution in [-0.4, -0.2) is 17.5 Å². The molecule has 1 atom stereocenters. The van der Waals surface area contributed by atoms with E-state index in [1.807, 2.05) is 18.2 Å². The van der Waals surface area contributed by atoms with Gasteiger partial charge in [-0.2, -0.15) is 0 Å². The molecule has 0 aliphatic heterocycles. The number of carbonyl (C=O) groups is 1. The zero-order valence-corrected chi connectivity index (χ0v) is 10.5. The predicted octanol–water partition coefficient (Wildman–Crippen LogP) is 3.37. The van der Waals surface area contributed by atoms with Gasteiger partial charge in [0.1, 0.15) is 0 Å². The van der Waals surface area contributed by atoms with Crippen LogP contribution in [0.3, 0.4) is 0 Å². The highest BCUT2D eigenvalue weighted by atomic mass is 16.3. The lowest BCUT2D eigenvalue weighted by Crippen LogP contribution is -2.19. The van der Waals surface area contributed by atoms with Crippen molar-refractivity contribution in [1.29, 1.82) is 0 Å². The van der Waals surface area contributed by atoms with Crippen molar-refractivity contribution in [3.63, 3.8) is 0 Å². The van der Waals surface area contributed by atoms with Gasteiger partial charge in [-0.25, -0.2) is 0 Å². The molecule has 0 spiro atoms. The van der Waals surface area contributed by atoms with Crippen LogP contribution in [0.5, 0.6) is 0 Å². The van der Waals surface area contributed by atoms with E-state index in [0.717, 1.165) is 17.6 Å². The van der Waals surface area contributed by atoms with Gasteiger partial charge in [-0.3, -0.25) is 4.79 Å². The lowest BCUT2D eigenvalue weighted by Gasteiger charge is -2.21. The molecular formula is C14H15N3O2. The van der Waals surface area contributed by atoms with E-state index in [2.05, 4.69) is 10.0 Å². The molecule has 0 amide bonds. The summed E-state index contributed by atoms with van der Waals surface area (Å²) in [4.78, 5) is 14.5. The van der Waals surface area contributed by atoms with Crippen molar-refractivity contribution in [3.05, 3.63) is 45.8 Å². The fourth-order valence-electron chi connectivity index (χ4n) is 2.21. The van der Waals surface area contributed by atoms with Gasteiger partial charge in [0.25, 0.3) is 0 Å². The predicted molar refractivity (Wildman–Crippen MR) is 72.7 cm³/mol. The number of rotatable bonds is 3. The molecule has 1 fully saturated rings. The van der Waals surface area contributed by atoms with Crippen LogP contribution >= 0.6 is 0 Å². The van der Waals surface area contributed by atoms with Gasteiger partial charge in [0.2, 0.25) is 0 Å². The van der Waals surface area contributed by atoms with Crippen LogP contribution in [-0.2, 0) is 4.79 Å². The van der Waals surface area contributed by atoms with Crippen LogP contribution in [0.4, 0.5) is 5.69 Å². The zero-order valence-electron chi connectivity index (χ0n) is 10.5. The number of ketones is 1. The first-order valence-corrected chi connectivity index (χ1v) is 6.22. The molecule has 0 aromatic heterocycles. The molecule has 5 heteroatoms. The maximum absolute atomic E-state index is 11.8. The Bertz CT molecular complexity index is 542. The number of aliphatic hydroxyl groups is 1. The molecule has 0 saturated heterocycles. The number of benzene rings is 1. The van der Waals surface area contributed by atoms with Gasteiger partial charge in [0.15, 0.2) is 5.78 Å². The van der Waals surface area contributed by atoms with E-state index < -0.39 is 0 Å². The second-order valence-corrected chi connectivity index (χ2v) is 4.67. The summed E-state index contributed by atoms with van der Waals surface area (Å²) in [6.45, 7) is 0.125. The maximum atomic E-state index is 11.8. The van der Waals surface area contributed by atoms with E-state index in [4.69, 9.17) is 5.53 Å². The van der Waals surface area contributed by atoms with Crippen LogP contribution in [0.25, 0.3) is 16.5 Å². The Balaban J connectivity index is 2.19. The number of allylic oxidation sites excluding steroid dienone is 1. The lowest BCUT2D eigenvalue weighted by atomic mass is 9.84. The summed E-state index contributed by atoms with van der Waals surface area (Å²) in [5, 5.41) is 12.7. The molecule has 98 valence electrons. The smallest absolute Gasteiger partial charge is 0.158 e. The summed E-state index contributed by atoms with van der Waals surface area (Å²) < 4.78 is 0. The minimum Gasteiger partial charge on any atom is -0.396 e. The summed E-state index contributed by atoms with van der Waals surface area (Å²) in [5.41, 5.74) is 10.5. The van der Waals surface area contributed by atoms with Gasteiger partial charge >= 0.3 is 0 Å². The van der Waals surface area contributed by atoms with Crippen LogP contribution in [0.2, 0.25) is 0 Å². The number of hydrogen-bond acceptors (Lipinski definition) is 3. The summed E-state index contributed by atoms with van der Waals surface area (Å²) in [7, 11) is 0. The number of Topliss-reactive ketones (excluding diaryl/α,β-unsaturated/α-hetero) is 1. The lowest BCUT2D eigenvalue weighted by molar-refractivity contribution is -0.117. The van der Waals surface area contributed by atoms with Crippen molar-refractivity contribution < 1.29 is 9.90 Å². The van der Waals surface area contributed by atoms with E-state index in [1.54, 1.807) is 12.1 Å². The fourth-order valence-corrected chi connectivity index (χ4v) is 2.21. The standard InChI is InChI=1S/C14H15N3O2/c15-17-16-13-4-1-10(2-5-13)7-12-8-11(9-18)3-6-14(12)19/h1-2,4-5,7,11,18H,3,6,8-9H2. The molecule has 1 N–H and O–H groups in total. The van der Waals surface area contributed by atoms with Crippen molar-refractivity contribution in [2.45, 2.75) is 19.3 Å². The van der Waals surface area contributed by atoms with E-state index in [0.29, 0.717) is 18.5 Å². The molecule has 1 aromatic carbocycles. The number of azide groups is 1. The van der Waals surface area contributed by atoms with Gasteiger partial charge in [-0.1, -0.05) is 29.4 Å². The van der Waals surface area contributed by atoms with Crippen molar-refractivity contribution >= 4 is 17.5 Å². The highest BCUT2D eigenvalue weighted by molar-refractivity contribution is 6.00. The first kappa shape index (κ1) is 13.3. The van der Waals surface area contributed by atoms with Gasteiger partial charge in [0.05, 0.1) is 0 Å². The molecule has 5 nitrogen and oxygen atoms in total. The number of nitrogens with zero attached hydrogens (tertiary/aromatic N) is 3. The summed E-state index contributed by atoms with van der Waals surface area (Å²) >= 11 is 0. The third kappa shape index (κ3) is 3.44. The molecule has 1 unspecified atom stereocenters. The number of hydrogen-bond donors (Lipinski definition) is 1. The van der Waals surface area contributed by atoms with E-state index in [9.17, 15) is 9.90 Å². The summed E-state index contributed by atoms with van der Waals surface area (Å²) in [5.74, 6) is 0.343. The van der Waals surface area contributed by atoms with Crippen molar-refractivity contribution in [3.8, 4) is 0 Å². The fraction of sp³-hybridized carbons (Fsp3) is 0.357. The van der Waals surface area contributed by atoms with E-state index in [-0.39, 0.29) is 18.3 Å². The van der Waals surface area contributed by atoms with E-state index in [1.165, 1.54) is 0 Å². The average molecular weight is 257 g/mol. The normalized spacial score (nSPS) is 21.2. The zero-order chi connectivity index (χ0) is 13.7. The molecule has 1 aromatic rings. The molecule has 0 radical (unpaired) electrons. The highest BCUT2D eigenvalue weighted by Gasteiger charge is 2.22. The SMILES string of the molecule is [N-]=[N+]=Nc1ccc(C=C2CC(CO)CCC2=O)cc1.